The second-order valence-electron chi connectivity index (χ2n) is 2.74. The van der Waals surface area contributed by atoms with Gasteiger partial charge in [-0.15, -0.1) is 0 Å². The van der Waals surface area contributed by atoms with E-state index in [9.17, 15) is 4.79 Å². The van der Waals surface area contributed by atoms with Crippen molar-refractivity contribution < 1.29 is 0 Å². The van der Waals surface area contributed by atoms with Gasteiger partial charge in [-0.05, 0) is 6.07 Å². The number of nitrogens with one attached hydrogen (secondary N) is 1. The molecule has 15 heavy (non-hydrogen) atoms. The van der Waals surface area contributed by atoms with Crippen LogP contribution in [0.4, 0.5) is 5.69 Å². The number of nitrogens with zero attached hydrogens (tertiary/aromatic N) is 2. The SMILES string of the molecule is Nc1cnccc1Sc1ncc[nH]c1=O. The molecule has 0 aromatic carbocycles. The van der Waals surface area contributed by atoms with Gasteiger partial charge in [-0.2, -0.15) is 0 Å². The minimum Gasteiger partial charge on any atom is -0.397 e. The molecule has 0 radical (unpaired) electrons. The zero-order valence-corrected chi connectivity index (χ0v) is 8.49. The molecule has 3 N–H and O–H groups in total. The first kappa shape index (κ1) is 9.72. The molecule has 5 nitrogen and oxygen atoms in total. The summed E-state index contributed by atoms with van der Waals surface area (Å²) < 4.78 is 0. The topological polar surface area (TPSA) is 84.7 Å². The molecule has 0 spiro atoms. The summed E-state index contributed by atoms with van der Waals surface area (Å²) >= 11 is 1.22. The molecule has 0 aliphatic rings. The first-order chi connectivity index (χ1) is 7.27. The highest BCUT2D eigenvalue weighted by molar-refractivity contribution is 7.99. The first-order valence-corrected chi connectivity index (χ1v) is 5.00. The van der Waals surface area contributed by atoms with Gasteiger partial charge >= 0.3 is 0 Å². The highest BCUT2D eigenvalue weighted by atomic mass is 32.2. The highest BCUT2D eigenvalue weighted by Gasteiger charge is 2.05. The Morgan fingerprint density at radius 1 is 1.40 bits per heavy atom. The van der Waals surface area contributed by atoms with Gasteiger partial charge in [0.05, 0.1) is 11.9 Å². The van der Waals surface area contributed by atoms with Crippen molar-refractivity contribution in [2.75, 3.05) is 5.73 Å². The fourth-order valence-corrected chi connectivity index (χ4v) is 1.77. The molecule has 0 fully saturated rings. The van der Waals surface area contributed by atoms with Gasteiger partial charge in [-0.3, -0.25) is 9.78 Å². The number of pyridine rings is 1. The maximum atomic E-state index is 11.3. The van der Waals surface area contributed by atoms with Crippen LogP contribution in [0.1, 0.15) is 0 Å². The normalized spacial score (nSPS) is 10.1. The lowest BCUT2D eigenvalue weighted by molar-refractivity contribution is 0.997. The predicted octanol–water partition coefficient (Wildman–Crippen LogP) is 0.898. The smallest absolute Gasteiger partial charge is 0.280 e. The van der Waals surface area contributed by atoms with Crippen molar-refractivity contribution in [3.8, 4) is 0 Å². The lowest BCUT2D eigenvalue weighted by Crippen LogP contribution is -2.08. The quantitative estimate of drug-likeness (QED) is 0.785. The van der Waals surface area contributed by atoms with Crippen LogP contribution >= 0.6 is 11.8 Å². The van der Waals surface area contributed by atoms with Gasteiger partial charge in [-0.25, -0.2) is 4.98 Å². The summed E-state index contributed by atoms with van der Waals surface area (Å²) in [5, 5.41) is 0.371. The largest absolute Gasteiger partial charge is 0.397 e. The molecule has 2 heterocycles. The molecule has 0 unspecified atom stereocenters. The summed E-state index contributed by atoms with van der Waals surface area (Å²) in [5.74, 6) is 0. The minimum absolute atomic E-state index is 0.223. The van der Waals surface area contributed by atoms with Crippen molar-refractivity contribution in [2.45, 2.75) is 9.92 Å². The molecule has 76 valence electrons. The van der Waals surface area contributed by atoms with Crippen molar-refractivity contribution in [1.82, 2.24) is 15.0 Å². The third-order valence-corrected chi connectivity index (χ3v) is 2.77. The lowest BCUT2D eigenvalue weighted by Gasteiger charge is -2.01. The fourth-order valence-electron chi connectivity index (χ4n) is 1.00. The van der Waals surface area contributed by atoms with E-state index in [4.69, 9.17) is 5.73 Å². The molecule has 0 saturated heterocycles. The Kier molecular flexibility index (Phi) is 2.68. The Morgan fingerprint density at radius 3 is 3.00 bits per heavy atom. The van der Waals surface area contributed by atoms with E-state index in [0.29, 0.717) is 10.7 Å². The van der Waals surface area contributed by atoms with E-state index < -0.39 is 0 Å². The maximum absolute atomic E-state index is 11.3. The van der Waals surface area contributed by atoms with E-state index in [2.05, 4.69) is 15.0 Å². The maximum Gasteiger partial charge on any atom is 0.280 e. The first-order valence-electron chi connectivity index (χ1n) is 4.18. The number of H-pyrrole nitrogens is 1. The fraction of sp³-hybridized carbons (Fsp3) is 0. The highest BCUT2D eigenvalue weighted by Crippen LogP contribution is 2.27. The molecular weight excluding hydrogens is 212 g/mol. The van der Waals surface area contributed by atoms with Gasteiger partial charge < -0.3 is 10.7 Å². The van der Waals surface area contributed by atoms with Gasteiger partial charge in [0.1, 0.15) is 0 Å². The van der Waals surface area contributed by atoms with Crippen LogP contribution in [0.3, 0.4) is 0 Å². The van der Waals surface area contributed by atoms with Crippen molar-refractivity contribution in [3.05, 3.63) is 41.2 Å². The average molecular weight is 220 g/mol. The van der Waals surface area contributed by atoms with Crippen LogP contribution in [0.2, 0.25) is 0 Å². The third-order valence-electron chi connectivity index (χ3n) is 1.69. The molecule has 0 saturated carbocycles. The number of hydrogen-bond acceptors (Lipinski definition) is 5. The molecule has 6 heteroatoms. The van der Waals surface area contributed by atoms with Crippen LogP contribution in [-0.2, 0) is 0 Å². The van der Waals surface area contributed by atoms with E-state index in [1.165, 1.54) is 24.2 Å². The van der Waals surface area contributed by atoms with Crippen LogP contribution in [0.5, 0.6) is 0 Å². The number of nitrogen functional groups attached to an aromatic ring is 1. The number of aromatic amines is 1. The zero-order chi connectivity index (χ0) is 10.7. The lowest BCUT2D eigenvalue weighted by atomic mass is 10.4. The number of rotatable bonds is 2. The summed E-state index contributed by atoms with van der Waals surface area (Å²) in [6, 6.07) is 1.74. The van der Waals surface area contributed by atoms with Crippen LogP contribution in [0.15, 0.2) is 45.6 Å². The van der Waals surface area contributed by atoms with Crippen LogP contribution < -0.4 is 11.3 Å². The Balaban J connectivity index is 2.34. The number of hydrogen-bond donors (Lipinski definition) is 2. The summed E-state index contributed by atoms with van der Waals surface area (Å²) in [7, 11) is 0. The summed E-state index contributed by atoms with van der Waals surface area (Å²) in [4.78, 5) is 22.5. The Bertz CT molecular complexity index is 525. The predicted molar refractivity (Wildman–Crippen MR) is 57.6 cm³/mol. The Labute approximate surface area is 89.8 Å². The molecule has 0 aliphatic heterocycles. The standard InChI is InChI=1S/C9H8N4OS/c10-6-5-11-2-1-7(6)15-9-8(14)12-3-4-13-9/h1-5H,10H2,(H,12,14). The second kappa shape index (κ2) is 4.14. The van der Waals surface area contributed by atoms with Crippen LogP contribution in [-0.4, -0.2) is 15.0 Å². The van der Waals surface area contributed by atoms with Crippen molar-refractivity contribution in [2.24, 2.45) is 0 Å². The van der Waals surface area contributed by atoms with E-state index in [1.807, 2.05) is 0 Å². The molecule has 2 aromatic heterocycles. The van der Waals surface area contributed by atoms with Gasteiger partial charge in [0.15, 0.2) is 5.03 Å². The zero-order valence-electron chi connectivity index (χ0n) is 7.68. The third kappa shape index (κ3) is 2.16. The number of anilines is 1. The molecule has 0 amide bonds. The van der Waals surface area contributed by atoms with Gasteiger partial charge in [-0.1, -0.05) is 11.8 Å². The molecule has 0 aliphatic carbocycles. The molecule has 0 bridgehead atoms. The number of aromatic nitrogens is 3. The number of nitrogens with two attached hydrogens (primary N) is 1. The molecular formula is C9H8N4OS. The van der Waals surface area contributed by atoms with Gasteiger partial charge in [0.25, 0.3) is 5.56 Å². The molecule has 0 atom stereocenters. The second-order valence-corrected chi connectivity index (χ2v) is 3.77. The van der Waals surface area contributed by atoms with E-state index in [1.54, 1.807) is 18.5 Å². The van der Waals surface area contributed by atoms with Crippen molar-refractivity contribution >= 4 is 17.4 Å². The van der Waals surface area contributed by atoms with Gasteiger partial charge in [0.2, 0.25) is 0 Å². The summed E-state index contributed by atoms with van der Waals surface area (Å²) in [6.45, 7) is 0. The van der Waals surface area contributed by atoms with Crippen molar-refractivity contribution in [3.63, 3.8) is 0 Å². The van der Waals surface area contributed by atoms with E-state index >= 15 is 0 Å². The van der Waals surface area contributed by atoms with Gasteiger partial charge in [0, 0.05) is 23.5 Å². The van der Waals surface area contributed by atoms with Crippen LogP contribution in [0.25, 0.3) is 0 Å². The Morgan fingerprint density at radius 2 is 2.27 bits per heavy atom. The summed E-state index contributed by atoms with van der Waals surface area (Å²) in [5.41, 5.74) is 6.01. The summed E-state index contributed by atoms with van der Waals surface area (Å²) in [6.07, 6.45) is 6.18. The Hall–Kier alpha value is -1.82. The molecule has 2 aromatic rings. The average Bonchev–Trinajstić information content (AvgIpc) is 2.24. The van der Waals surface area contributed by atoms with Crippen LogP contribution in [0, 0.1) is 0 Å². The van der Waals surface area contributed by atoms with E-state index in [0.717, 1.165) is 4.90 Å². The van der Waals surface area contributed by atoms with E-state index in [-0.39, 0.29) is 5.56 Å². The molecule has 2 rings (SSSR count). The monoisotopic (exact) mass is 220 g/mol. The van der Waals surface area contributed by atoms with Crippen molar-refractivity contribution in [1.29, 1.82) is 0 Å². The minimum atomic E-state index is -0.223.